The molecule has 1 aromatic heterocycles. The molecule has 0 aliphatic rings. The molecule has 0 spiro atoms. The van der Waals surface area contributed by atoms with Gasteiger partial charge in [-0.3, -0.25) is 4.79 Å². The molecule has 9 heteroatoms. The zero-order chi connectivity index (χ0) is 16.9. The van der Waals surface area contributed by atoms with E-state index in [9.17, 15) is 19.8 Å². The van der Waals surface area contributed by atoms with Gasteiger partial charge in [0, 0.05) is 12.7 Å². The van der Waals surface area contributed by atoms with E-state index in [2.05, 4.69) is 15.3 Å². The highest BCUT2D eigenvalue weighted by Crippen LogP contribution is 2.14. The van der Waals surface area contributed by atoms with Gasteiger partial charge in [0.2, 0.25) is 0 Å². The molecule has 0 fully saturated rings. The molecule has 0 aromatic carbocycles. The predicted molar refractivity (Wildman–Crippen MR) is 81.8 cm³/mol. The lowest BCUT2D eigenvalue weighted by Gasteiger charge is -2.22. The molecule has 0 bridgehead atoms. The number of hydrogen-bond acceptors (Lipinski definition) is 7. The molecule has 2 unspecified atom stereocenters. The summed E-state index contributed by atoms with van der Waals surface area (Å²) in [6, 6.07) is 0. The highest BCUT2D eigenvalue weighted by Gasteiger charge is 2.23. The fourth-order valence-electron chi connectivity index (χ4n) is 1.52. The van der Waals surface area contributed by atoms with Crippen LogP contribution in [0.2, 0.25) is 0 Å². The normalized spacial score (nSPS) is 14.3. The standard InChI is InChI=1S/C13H21N3O5S/c1-13(2,3)21-12(20)15-6-8(17)9(18)7-5-14-11(22-4)16-10(7)19/h5,8-9,17-18H,6H2,1-4H3,(H,15,20)(H,14,16,19). The number of carbonyl (C=O) groups is 1. The van der Waals surface area contributed by atoms with E-state index >= 15 is 0 Å². The summed E-state index contributed by atoms with van der Waals surface area (Å²) in [5.74, 6) is 0. The van der Waals surface area contributed by atoms with Crippen molar-refractivity contribution >= 4 is 17.9 Å². The van der Waals surface area contributed by atoms with Crippen LogP contribution in [0.5, 0.6) is 0 Å². The molecule has 0 saturated heterocycles. The van der Waals surface area contributed by atoms with Crippen molar-refractivity contribution in [3.8, 4) is 0 Å². The third-order valence-corrected chi connectivity index (χ3v) is 3.13. The van der Waals surface area contributed by atoms with E-state index in [1.165, 1.54) is 18.0 Å². The van der Waals surface area contributed by atoms with Crippen LogP contribution in [0.4, 0.5) is 4.79 Å². The molecule has 0 aliphatic carbocycles. The summed E-state index contributed by atoms with van der Waals surface area (Å²) in [7, 11) is 0. The van der Waals surface area contributed by atoms with E-state index in [1.807, 2.05) is 0 Å². The number of thioether (sulfide) groups is 1. The first-order valence-electron chi connectivity index (χ1n) is 6.60. The van der Waals surface area contributed by atoms with E-state index in [0.717, 1.165) is 0 Å². The van der Waals surface area contributed by atoms with Gasteiger partial charge in [-0.25, -0.2) is 9.78 Å². The highest BCUT2D eigenvalue weighted by atomic mass is 32.2. The molecule has 1 amide bonds. The number of aromatic nitrogens is 2. The number of alkyl carbamates (subject to hydrolysis) is 1. The number of nitrogens with zero attached hydrogens (tertiary/aromatic N) is 1. The van der Waals surface area contributed by atoms with Crippen LogP contribution in [0.3, 0.4) is 0 Å². The van der Waals surface area contributed by atoms with Crippen molar-refractivity contribution in [1.29, 1.82) is 0 Å². The smallest absolute Gasteiger partial charge is 0.407 e. The molecule has 0 aliphatic heterocycles. The molecule has 22 heavy (non-hydrogen) atoms. The fourth-order valence-corrected chi connectivity index (χ4v) is 1.88. The monoisotopic (exact) mass is 331 g/mol. The van der Waals surface area contributed by atoms with Crippen molar-refractivity contribution in [2.45, 2.75) is 43.7 Å². The molecule has 124 valence electrons. The minimum atomic E-state index is -1.47. The summed E-state index contributed by atoms with van der Waals surface area (Å²) in [5, 5.41) is 22.6. The summed E-state index contributed by atoms with van der Waals surface area (Å²) in [5.41, 5.74) is -1.28. The molecule has 1 rings (SSSR count). The zero-order valence-corrected chi connectivity index (χ0v) is 13.7. The quantitative estimate of drug-likeness (QED) is 0.455. The van der Waals surface area contributed by atoms with Gasteiger partial charge in [-0.15, -0.1) is 0 Å². The Balaban J connectivity index is 2.64. The number of aliphatic hydroxyl groups excluding tert-OH is 2. The lowest BCUT2D eigenvalue weighted by Crippen LogP contribution is -2.39. The van der Waals surface area contributed by atoms with E-state index in [-0.39, 0.29) is 12.1 Å². The van der Waals surface area contributed by atoms with Crippen molar-refractivity contribution in [2.24, 2.45) is 0 Å². The Hall–Kier alpha value is -1.58. The Morgan fingerprint density at radius 2 is 2.14 bits per heavy atom. The van der Waals surface area contributed by atoms with Crippen LogP contribution in [-0.4, -0.2) is 50.8 Å². The summed E-state index contributed by atoms with van der Waals surface area (Å²) in [6.07, 6.45) is -0.610. The predicted octanol–water partition coefficient (Wildman–Crippen LogP) is 0.411. The maximum atomic E-state index is 11.8. The van der Waals surface area contributed by atoms with Gasteiger partial charge >= 0.3 is 6.09 Å². The maximum absolute atomic E-state index is 11.8. The second-order valence-electron chi connectivity index (χ2n) is 5.57. The fraction of sp³-hybridized carbons (Fsp3) is 0.615. The number of carbonyl (C=O) groups excluding carboxylic acids is 1. The Labute approximate surface area is 132 Å². The second kappa shape index (κ2) is 7.61. The van der Waals surface area contributed by atoms with Gasteiger partial charge in [0.25, 0.3) is 5.56 Å². The SMILES string of the molecule is CSc1ncc(C(O)C(O)CNC(=O)OC(C)(C)C)c(=O)[nH]1. The van der Waals surface area contributed by atoms with Crippen LogP contribution in [-0.2, 0) is 4.74 Å². The lowest BCUT2D eigenvalue weighted by molar-refractivity contribution is 0.0120. The Kier molecular flexibility index (Phi) is 6.39. The van der Waals surface area contributed by atoms with Gasteiger partial charge in [0.15, 0.2) is 5.16 Å². The molecule has 2 atom stereocenters. The number of amides is 1. The van der Waals surface area contributed by atoms with E-state index in [0.29, 0.717) is 5.16 Å². The topological polar surface area (TPSA) is 125 Å². The number of hydrogen-bond donors (Lipinski definition) is 4. The van der Waals surface area contributed by atoms with Crippen LogP contribution in [0.25, 0.3) is 0 Å². The largest absolute Gasteiger partial charge is 0.444 e. The van der Waals surface area contributed by atoms with Crippen LogP contribution >= 0.6 is 11.8 Å². The second-order valence-corrected chi connectivity index (χ2v) is 6.37. The average Bonchev–Trinajstić information content (AvgIpc) is 2.42. The van der Waals surface area contributed by atoms with Crippen LogP contribution < -0.4 is 10.9 Å². The molecule has 4 N–H and O–H groups in total. The molecule has 1 aromatic rings. The number of aromatic amines is 1. The van der Waals surface area contributed by atoms with Crippen molar-refractivity contribution in [3.63, 3.8) is 0 Å². The zero-order valence-electron chi connectivity index (χ0n) is 12.9. The van der Waals surface area contributed by atoms with Gasteiger partial charge in [-0.05, 0) is 27.0 Å². The van der Waals surface area contributed by atoms with Crippen molar-refractivity contribution < 1.29 is 19.7 Å². The molecule has 0 saturated carbocycles. The number of rotatable bonds is 5. The lowest BCUT2D eigenvalue weighted by atomic mass is 10.1. The first-order valence-corrected chi connectivity index (χ1v) is 7.82. The van der Waals surface area contributed by atoms with E-state index in [4.69, 9.17) is 4.74 Å². The Bertz CT molecular complexity index is 570. The van der Waals surface area contributed by atoms with Gasteiger partial charge in [0.05, 0.1) is 5.56 Å². The van der Waals surface area contributed by atoms with Crippen molar-refractivity contribution in [2.75, 3.05) is 12.8 Å². The third-order valence-electron chi connectivity index (χ3n) is 2.53. The van der Waals surface area contributed by atoms with E-state index < -0.39 is 29.5 Å². The third kappa shape index (κ3) is 5.66. The summed E-state index contributed by atoms with van der Waals surface area (Å²) in [4.78, 5) is 29.6. The maximum Gasteiger partial charge on any atom is 0.407 e. The van der Waals surface area contributed by atoms with Crippen LogP contribution in [0.15, 0.2) is 16.1 Å². The van der Waals surface area contributed by atoms with Crippen LogP contribution in [0.1, 0.15) is 32.4 Å². The van der Waals surface area contributed by atoms with Crippen molar-refractivity contribution in [1.82, 2.24) is 15.3 Å². The van der Waals surface area contributed by atoms with Gasteiger partial charge in [-0.1, -0.05) is 11.8 Å². The minimum absolute atomic E-state index is 0.0729. The number of nitrogens with one attached hydrogen (secondary N) is 2. The molecular formula is C13H21N3O5S. The van der Waals surface area contributed by atoms with Crippen LogP contribution in [0, 0.1) is 0 Å². The molecule has 8 nitrogen and oxygen atoms in total. The van der Waals surface area contributed by atoms with E-state index in [1.54, 1.807) is 27.0 Å². The molecule has 0 radical (unpaired) electrons. The van der Waals surface area contributed by atoms with Gasteiger partial charge in [0.1, 0.15) is 17.8 Å². The number of aliphatic hydroxyl groups is 2. The first-order chi connectivity index (χ1) is 10.1. The highest BCUT2D eigenvalue weighted by molar-refractivity contribution is 7.98. The first kappa shape index (κ1) is 18.5. The Morgan fingerprint density at radius 3 is 2.64 bits per heavy atom. The van der Waals surface area contributed by atoms with Gasteiger partial charge in [-0.2, -0.15) is 0 Å². The average molecular weight is 331 g/mol. The number of ether oxygens (including phenoxy) is 1. The summed E-state index contributed by atoms with van der Waals surface area (Å²) in [6.45, 7) is 4.85. The summed E-state index contributed by atoms with van der Waals surface area (Å²) < 4.78 is 5.00. The minimum Gasteiger partial charge on any atom is -0.444 e. The van der Waals surface area contributed by atoms with Crippen molar-refractivity contribution in [3.05, 3.63) is 22.1 Å². The molecule has 1 heterocycles. The van der Waals surface area contributed by atoms with Gasteiger partial charge < -0.3 is 25.3 Å². The molecular weight excluding hydrogens is 310 g/mol. The number of H-pyrrole nitrogens is 1. The summed E-state index contributed by atoms with van der Waals surface area (Å²) >= 11 is 1.25. The Morgan fingerprint density at radius 1 is 1.50 bits per heavy atom.